The third-order valence-electron chi connectivity index (χ3n) is 16.0. The summed E-state index contributed by atoms with van der Waals surface area (Å²) < 4.78 is 31.2. The van der Waals surface area contributed by atoms with Gasteiger partial charge in [-0.3, -0.25) is 14.4 Å². The molecule has 9 unspecified atom stereocenters. The topological polar surface area (TPSA) is 141 Å². The van der Waals surface area contributed by atoms with Crippen molar-refractivity contribution in [2.75, 3.05) is 46.1 Å². The minimum atomic E-state index is -1.16. The molecule has 0 radical (unpaired) electrons. The fourth-order valence-electron chi connectivity index (χ4n) is 12.1. The minimum Gasteiger partial charge on any atom is -0.458 e. The first-order valence-corrected chi connectivity index (χ1v) is 28.0. The Labute approximate surface area is 407 Å². The van der Waals surface area contributed by atoms with E-state index in [1.807, 2.05) is 0 Å². The molecule has 2 saturated carbocycles. The summed E-state index contributed by atoms with van der Waals surface area (Å²) in [5, 5.41) is 21.2. The van der Waals surface area contributed by atoms with Crippen LogP contribution < -0.4 is 0 Å². The van der Waals surface area contributed by atoms with Gasteiger partial charge >= 0.3 is 5.97 Å². The summed E-state index contributed by atoms with van der Waals surface area (Å²) in [4.78, 5) is 42.3. The lowest BCUT2D eigenvalue weighted by atomic mass is 9.51. The number of Topliss-reactive ketones (excluding diaryl/α,β-unsaturated/α-hetero) is 1. The van der Waals surface area contributed by atoms with Gasteiger partial charge in [-0.2, -0.15) is 0 Å². The number of nitrogens with zero attached hydrogens (tertiary/aromatic N) is 1. The predicted octanol–water partition coefficient (Wildman–Crippen LogP) is 11.6. The molecule has 0 spiro atoms. The van der Waals surface area contributed by atoms with E-state index in [9.17, 15) is 24.6 Å². The highest BCUT2D eigenvalue weighted by molar-refractivity contribution is 5.91. The van der Waals surface area contributed by atoms with Crippen LogP contribution in [0.25, 0.3) is 0 Å². The molecule has 4 aliphatic rings. The Morgan fingerprint density at radius 1 is 0.791 bits per heavy atom. The Balaban J connectivity index is 1.21. The molecule has 3 fully saturated rings. The molecule has 0 aromatic rings. The van der Waals surface area contributed by atoms with Crippen LogP contribution in [0.2, 0.25) is 0 Å². The van der Waals surface area contributed by atoms with Crippen molar-refractivity contribution in [2.45, 2.75) is 251 Å². The molecule has 3 aliphatic carbocycles. The fourth-order valence-corrected chi connectivity index (χ4v) is 12.1. The zero-order valence-corrected chi connectivity index (χ0v) is 43.3. The van der Waals surface area contributed by atoms with Crippen molar-refractivity contribution in [1.82, 2.24) is 4.90 Å². The highest BCUT2D eigenvalue weighted by Gasteiger charge is 2.63. The van der Waals surface area contributed by atoms with Crippen molar-refractivity contribution in [3.8, 4) is 0 Å². The molecule has 388 valence electrons. The van der Waals surface area contributed by atoms with Gasteiger partial charge in [0.2, 0.25) is 5.78 Å². The highest BCUT2D eigenvalue weighted by Crippen LogP contribution is 2.60. The third kappa shape index (κ3) is 18.8. The number of ketones is 2. The first-order chi connectivity index (χ1) is 32.5. The SMILES string of the molecule is CCCCCCCOC(CCCCCN(CCCCO)CCCCCC(=O)OCC(=O)C12CC(C3CCC4CC(=O)C=CC4(C)C3C(O)CCC)CC1OC(CCC)O2)OCCCCCCC. The molecule has 0 aromatic heterocycles. The Bertz CT molecular complexity index is 1390. The van der Waals surface area contributed by atoms with Crippen LogP contribution in [0.4, 0.5) is 0 Å². The summed E-state index contributed by atoms with van der Waals surface area (Å²) in [7, 11) is 0. The number of unbranched alkanes of at least 4 members (excludes halogenated alkanes) is 13. The van der Waals surface area contributed by atoms with E-state index < -0.39 is 24.1 Å². The van der Waals surface area contributed by atoms with Gasteiger partial charge in [-0.15, -0.1) is 0 Å². The van der Waals surface area contributed by atoms with Crippen molar-refractivity contribution in [3.63, 3.8) is 0 Å². The first-order valence-electron chi connectivity index (χ1n) is 28.0. The van der Waals surface area contributed by atoms with Crippen LogP contribution in [0.3, 0.4) is 0 Å². The largest absolute Gasteiger partial charge is 0.458 e. The van der Waals surface area contributed by atoms with Gasteiger partial charge in [0.25, 0.3) is 0 Å². The van der Waals surface area contributed by atoms with Gasteiger partial charge in [0.05, 0.1) is 12.2 Å². The second-order valence-electron chi connectivity index (χ2n) is 21.3. The van der Waals surface area contributed by atoms with E-state index in [0.717, 1.165) is 123 Å². The van der Waals surface area contributed by atoms with Crippen LogP contribution in [-0.2, 0) is 38.1 Å². The molecule has 0 aromatic carbocycles. The van der Waals surface area contributed by atoms with Gasteiger partial charge in [-0.25, -0.2) is 0 Å². The maximum Gasteiger partial charge on any atom is 0.306 e. The van der Waals surface area contributed by atoms with Crippen LogP contribution in [0.5, 0.6) is 0 Å². The van der Waals surface area contributed by atoms with E-state index in [1.54, 1.807) is 6.08 Å². The number of hydrogen-bond donors (Lipinski definition) is 2. The smallest absolute Gasteiger partial charge is 0.306 e. The molecule has 0 amide bonds. The van der Waals surface area contributed by atoms with Gasteiger partial charge < -0.3 is 38.8 Å². The Morgan fingerprint density at radius 3 is 2.07 bits per heavy atom. The molecule has 1 heterocycles. The molecule has 0 bridgehead atoms. The summed E-state index contributed by atoms with van der Waals surface area (Å²) in [6, 6.07) is 0. The number of aliphatic hydroxyl groups excluding tert-OH is 2. The monoisotopic (exact) mass is 946 g/mol. The van der Waals surface area contributed by atoms with Crippen molar-refractivity contribution < 1.29 is 48.3 Å². The Hall–Kier alpha value is -1.73. The Morgan fingerprint density at radius 2 is 1.43 bits per heavy atom. The van der Waals surface area contributed by atoms with Gasteiger partial charge in [0.1, 0.15) is 0 Å². The second-order valence-corrected chi connectivity index (χ2v) is 21.3. The van der Waals surface area contributed by atoms with Crippen LogP contribution in [-0.4, -0.2) is 109 Å². The molecule has 67 heavy (non-hydrogen) atoms. The summed E-state index contributed by atoms with van der Waals surface area (Å²) in [5.74, 6) is 0.0263. The van der Waals surface area contributed by atoms with E-state index in [-0.39, 0.29) is 72.5 Å². The van der Waals surface area contributed by atoms with E-state index in [0.29, 0.717) is 38.5 Å². The lowest BCUT2D eigenvalue weighted by molar-refractivity contribution is -0.160. The van der Waals surface area contributed by atoms with Gasteiger partial charge in [0, 0.05) is 32.7 Å². The predicted molar refractivity (Wildman–Crippen MR) is 266 cm³/mol. The Kier molecular flexibility index (Phi) is 27.9. The minimum absolute atomic E-state index is 0.0312. The molecule has 11 heteroatoms. The molecular formula is C56H99NO10. The number of rotatable bonds is 39. The molecule has 9 atom stereocenters. The van der Waals surface area contributed by atoms with Gasteiger partial charge in [-0.05, 0) is 151 Å². The number of ether oxygens (including phenoxy) is 5. The number of esters is 1. The highest BCUT2D eigenvalue weighted by atomic mass is 16.7. The summed E-state index contributed by atoms with van der Waals surface area (Å²) >= 11 is 0. The maximum atomic E-state index is 14.2. The number of carbonyl (C=O) groups excluding carboxylic acids is 3. The third-order valence-corrected chi connectivity index (χ3v) is 16.0. The molecular weight excluding hydrogens is 847 g/mol. The number of allylic oxidation sites excluding steroid dienone is 2. The summed E-state index contributed by atoms with van der Waals surface area (Å²) in [6.07, 6.45) is 30.1. The second kappa shape index (κ2) is 32.3. The lowest BCUT2D eigenvalue weighted by Gasteiger charge is -2.54. The number of hydrogen-bond acceptors (Lipinski definition) is 11. The zero-order chi connectivity index (χ0) is 48.3. The van der Waals surface area contributed by atoms with Crippen molar-refractivity contribution in [2.24, 2.45) is 29.1 Å². The average molecular weight is 946 g/mol. The molecule has 4 rings (SSSR count). The normalized spacial score (nSPS) is 27.5. The maximum absolute atomic E-state index is 14.2. The first kappa shape index (κ1) is 57.8. The quantitative estimate of drug-likeness (QED) is 0.0346. The number of aliphatic hydroxyl groups is 2. The fraction of sp³-hybridized carbons (Fsp3) is 0.911. The van der Waals surface area contributed by atoms with Gasteiger partial charge in [-0.1, -0.05) is 118 Å². The summed E-state index contributed by atoms with van der Waals surface area (Å²) in [5.41, 5.74) is -1.46. The molecule has 1 saturated heterocycles. The van der Waals surface area contributed by atoms with Crippen LogP contribution >= 0.6 is 0 Å². The van der Waals surface area contributed by atoms with E-state index >= 15 is 0 Å². The summed E-state index contributed by atoms with van der Waals surface area (Å²) in [6.45, 7) is 15.3. The zero-order valence-electron chi connectivity index (χ0n) is 43.3. The van der Waals surface area contributed by atoms with E-state index in [4.69, 9.17) is 23.7 Å². The van der Waals surface area contributed by atoms with Crippen molar-refractivity contribution >= 4 is 17.5 Å². The molecule has 2 N–H and O–H groups in total. The number of carbonyl (C=O) groups is 3. The number of fused-ring (bicyclic) bond motifs is 2. The average Bonchev–Trinajstić information content (AvgIpc) is 3.85. The van der Waals surface area contributed by atoms with Gasteiger partial charge in [0.15, 0.2) is 30.6 Å². The lowest BCUT2D eigenvalue weighted by Crippen LogP contribution is -2.52. The standard InChI is InChI=1S/C56H99NO10/c1-6-10-12-14-24-38-63-52(64-39-25-15-13-11-7-2)29-19-17-21-35-57(36-22-23-37-58)34-20-16-18-28-51(62)65-43-49(61)56-42-44(40-50(56)66-53(67-56)27-9-4)47-31-30-45-41-46(59)32-33-55(45,5)54(47)48(60)26-8-3/h32-33,44-45,47-48,50,52-54,58,60H,6-31,34-43H2,1-5H3. The van der Waals surface area contributed by atoms with E-state index in [2.05, 4.69) is 45.6 Å². The van der Waals surface area contributed by atoms with Crippen LogP contribution in [0.1, 0.15) is 221 Å². The van der Waals surface area contributed by atoms with Crippen LogP contribution in [0, 0.1) is 29.1 Å². The molecule has 1 aliphatic heterocycles. The van der Waals surface area contributed by atoms with Crippen molar-refractivity contribution in [1.29, 1.82) is 0 Å². The van der Waals surface area contributed by atoms with E-state index in [1.165, 1.54) is 51.4 Å². The van der Waals surface area contributed by atoms with Crippen LogP contribution in [0.15, 0.2) is 12.2 Å². The van der Waals surface area contributed by atoms with Crippen molar-refractivity contribution in [3.05, 3.63) is 12.2 Å². The molecule has 11 nitrogen and oxygen atoms in total.